The van der Waals surface area contributed by atoms with Crippen LogP contribution in [0, 0.1) is 0 Å². The molecule has 0 fully saturated rings. The van der Waals surface area contributed by atoms with Crippen LogP contribution < -0.4 is 5.32 Å². The molecule has 9 nitrogen and oxygen atoms in total. The summed E-state index contributed by atoms with van der Waals surface area (Å²) in [7, 11) is -3.58. The Balaban J connectivity index is 2.31. The molecule has 0 aromatic carbocycles. The summed E-state index contributed by atoms with van der Waals surface area (Å²) in [4.78, 5) is 24.0. The number of hydrogen-bond donors (Lipinski definition) is 1. The first-order valence-corrected chi connectivity index (χ1v) is 7.81. The van der Waals surface area contributed by atoms with Crippen LogP contribution in [0.3, 0.4) is 0 Å². The molecule has 2 aromatic rings. The SMILES string of the molecule is CC(C)(C(=O)Nc1ncnn1-c1ncccn1)S(C)(=O)=O. The van der Waals surface area contributed by atoms with Gasteiger partial charge in [0.2, 0.25) is 11.9 Å². The van der Waals surface area contributed by atoms with Gasteiger partial charge in [-0.15, -0.1) is 0 Å². The van der Waals surface area contributed by atoms with E-state index in [4.69, 9.17) is 0 Å². The highest BCUT2D eigenvalue weighted by atomic mass is 32.2. The highest BCUT2D eigenvalue weighted by Crippen LogP contribution is 2.18. The Morgan fingerprint density at radius 1 is 1.24 bits per heavy atom. The predicted molar refractivity (Wildman–Crippen MR) is 74.5 cm³/mol. The number of hydrogen-bond acceptors (Lipinski definition) is 7. The number of rotatable bonds is 4. The summed E-state index contributed by atoms with van der Waals surface area (Å²) in [5.74, 6) is -0.458. The van der Waals surface area contributed by atoms with Crippen LogP contribution in [-0.2, 0) is 14.6 Å². The number of aromatic nitrogens is 5. The van der Waals surface area contributed by atoms with E-state index in [0.29, 0.717) is 0 Å². The summed E-state index contributed by atoms with van der Waals surface area (Å²) in [6.07, 6.45) is 5.23. The maximum Gasteiger partial charge on any atom is 0.253 e. The predicted octanol–water partition coefficient (Wildman–Crippen LogP) is -0.181. The van der Waals surface area contributed by atoms with Gasteiger partial charge in [-0.05, 0) is 19.9 Å². The average molecular weight is 310 g/mol. The standard InChI is InChI=1S/C11H14N6O3S/c1-11(2,21(3,19)20)8(18)16-10-14-7-15-17(10)9-12-5-4-6-13-9/h4-7H,1-3H3,(H,14,15,16,18). The van der Waals surface area contributed by atoms with Gasteiger partial charge >= 0.3 is 0 Å². The second-order valence-electron chi connectivity index (χ2n) is 4.78. The molecule has 2 heterocycles. The lowest BCUT2D eigenvalue weighted by Crippen LogP contribution is -2.44. The van der Waals surface area contributed by atoms with E-state index in [2.05, 4.69) is 25.4 Å². The van der Waals surface area contributed by atoms with Gasteiger partial charge < -0.3 is 0 Å². The Hall–Kier alpha value is -2.36. The van der Waals surface area contributed by atoms with Crippen molar-refractivity contribution in [3.63, 3.8) is 0 Å². The number of carbonyl (C=O) groups is 1. The third kappa shape index (κ3) is 2.89. The maximum atomic E-state index is 12.2. The second-order valence-corrected chi connectivity index (χ2v) is 7.35. The van der Waals surface area contributed by atoms with Crippen LogP contribution in [0.15, 0.2) is 24.8 Å². The molecule has 0 atom stereocenters. The Kier molecular flexibility index (Phi) is 3.73. The maximum absolute atomic E-state index is 12.2. The molecule has 0 saturated heterocycles. The zero-order valence-electron chi connectivity index (χ0n) is 11.7. The highest BCUT2D eigenvalue weighted by Gasteiger charge is 2.39. The normalized spacial score (nSPS) is 12.1. The second kappa shape index (κ2) is 5.20. The highest BCUT2D eigenvalue weighted by molar-refractivity contribution is 7.92. The van der Waals surface area contributed by atoms with E-state index < -0.39 is 20.5 Å². The lowest BCUT2D eigenvalue weighted by molar-refractivity contribution is -0.117. The first kappa shape index (κ1) is 15.0. The Morgan fingerprint density at radius 2 is 1.86 bits per heavy atom. The number of sulfone groups is 1. The summed E-state index contributed by atoms with van der Waals surface area (Å²) in [6.45, 7) is 2.63. The van der Waals surface area contributed by atoms with Crippen LogP contribution in [0.5, 0.6) is 0 Å². The molecule has 10 heteroatoms. The molecular formula is C11H14N6O3S. The van der Waals surface area contributed by atoms with Crippen molar-refractivity contribution in [1.82, 2.24) is 24.7 Å². The molecule has 0 saturated carbocycles. The fourth-order valence-corrected chi connectivity index (χ4v) is 1.68. The number of anilines is 1. The number of nitrogens with zero attached hydrogens (tertiary/aromatic N) is 5. The molecule has 0 aliphatic heterocycles. The van der Waals surface area contributed by atoms with E-state index in [9.17, 15) is 13.2 Å². The van der Waals surface area contributed by atoms with Gasteiger partial charge in [-0.2, -0.15) is 14.8 Å². The van der Waals surface area contributed by atoms with Crippen molar-refractivity contribution >= 4 is 21.7 Å². The third-order valence-corrected chi connectivity index (χ3v) is 5.03. The van der Waals surface area contributed by atoms with Crippen LogP contribution >= 0.6 is 0 Å². The van der Waals surface area contributed by atoms with E-state index in [1.807, 2.05) is 0 Å². The minimum Gasteiger partial charge on any atom is -0.293 e. The zero-order valence-corrected chi connectivity index (χ0v) is 12.5. The van der Waals surface area contributed by atoms with Crippen molar-refractivity contribution in [1.29, 1.82) is 0 Å². The summed E-state index contributed by atoms with van der Waals surface area (Å²) >= 11 is 0. The molecule has 21 heavy (non-hydrogen) atoms. The Labute approximate surface area is 121 Å². The molecule has 1 N–H and O–H groups in total. The van der Waals surface area contributed by atoms with Crippen LogP contribution in [0.2, 0.25) is 0 Å². The molecule has 0 unspecified atom stereocenters. The summed E-state index contributed by atoms with van der Waals surface area (Å²) in [6, 6.07) is 1.63. The molecule has 0 aliphatic rings. The summed E-state index contributed by atoms with van der Waals surface area (Å²) in [5.41, 5.74) is 0. The van der Waals surface area contributed by atoms with Crippen molar-refractivity contribution in [3.05, 3.63) is 24.8 Å². The van der Waals surface area contributed by atoms with Gasteiger partial charge in [-0.25, -0.2) is 18.4 Å². The van der Waals surface area contributed by atoms with E-state index in [1.54, 1.807) is 6.07 Å². The van der Waals surface area contributed by atoms with Gasteiger partial charge in [0, 0.05) is 18.6 Å². The van der Waals surface area contributed by atoms with Crippen LogP contribution in [0.25, 0.3) is 5.95 Å². The summed E-state index contributed by atoms with van der Waals surface area (Å²) in [5, 5.41) is 6.33. The molecule has 2 rings (SSSR count). The van der Waals surface area contributed by atoms with Crippen molar-refractivity contribution in [3.8, 4) is 5.95 Å². The fraction of sp³-hybridized carbons (Fsp3) is 0.364. The lowest BCUT2D eigenvalue weighted by atomic mass is 10.2. The third-order valence-electron chi connectivity index (χ3n) is 2.99. The minimum absolute atomic E-state index is 0.0444. The molecular weight excluding hydrogens is 296 g/mol. The van der Waals surface area contributed by atoms with Gasteiger partial charge in [0.15, 0.2) is 9.84 Å². The topological polar surface area (TPSA) is 120 Å². The fourth-order valence-electron chi connectivity index (χ4n) is 1.29. The van der Waals surface area contributed by atoms with Gasteiger partial charge in [-0.1, -0.05) is 0 Å². The van der Waals surface area contributed by atoms with Gasteiger partial charge in [0.25, 0.3) is 5.95 Å². The largest absolute Gasteiger partial charge is 0.293 e. The van der Waals surface area contributed by atoms with Crippen molar-refractivity contribution in [2.24, 2.45) is 0 Å². The van der Waals surface area contributed by atoms with Crippen LogP contribution in [-0.4, -0.2) is 50.1 Å². The first-order valence-electron chi connectivity index (χ1n) is 5.92. The van der Waals surface area contributed by atoms with E-state index >= 15 is 0 Å². The summed E-state index contributed by atoms with van der Waals surface area (Å²) < 4.78 is 22.9. The number of amides is 1. The van der Waals surface area contributed by atoms with E-state index in [-0.39, 0.29) is 11.9 Å². The van der Waals surface area contributed by atoms with Gasteiger partial charge in [0.1, 0.15) is 11.1 Å². The van der Waals surface area contributed by atoms with Gasteiger partial charge in [0.05, 0.1) is 0 Å². The number of carbonyl (C=O) groups excluding carboxylic acids is 1. The average Bonchev–Trinajstić information content (AvgIpc) is 2.86. The molecule has 0 aliphatic carbocycles. The smallest absolute Gasteiger partial charge is 0.253 e. The number of nitrogens with one attached hydrogen (secondary N) is 1. The lowest BCUT2D eigenvalue weighted by Gasteiger charge is -2.20. The molecule has 0 spiro atoms. The van der Waals surface area contributed by atoms with Crippen LogP contribution in [0.1, 0.15) is 13.8 Å². The van der Waals surface area contributed by atoms with E-state index in [0.717, 1.165) is 6.26 Å². The molecule has 1 amide bonds. The monoisotopic (exact) mass is 310 g/mol. The first-order chi connectivity index (χ1) is 9.73. The van der Waals surface area contributed by atoms with Crippen molar-refractivity contribution in [2.45, 2.75) is 18.6 Å². The minimum atomic E-state index is -3.58. The molecule has 112 valence electrons. The van der Waals surface area contributed by atoms with E-state index in [1.165, 1.54) is 37.3 Å². The molecule has 2 aromatic heterocycles. The van der Waals surface area contributed by atoms with Crippen molar-refractivity contribution < 1.29 is 13.2 Å². The van der Waals surface area contributed by atoms with Crippen LogP contribution in [0.4, 0.5) is 5.95 Å². The van der Waals surface area contributed by atoms with Gasteiger partial charge in [-0.3, -0.25) is 10.1 Å². The Morgan fingerprint density at radius 3 is 2.43 bits per heavy atom. The molecule has 0 radical (unpaired) electrons. The quantitative estimate of drug-likeness (QED) is 0.831. The Bertz CT molecular complexity index is 753. The zero-order chi connectivity index (χ0) is 15.7. The van der Waals surface area contributed by atoms with Crippen molar-refractivity contribution in [2.75, 3.05) is 11.6 Å². The molecule has 0 bridgehead atoms.